The van der Waals surface area contributed by atoms with Crippen LogP contribution in [-0.2, 0) is 9.53 Å². The van der Waals surface area contributed by atoms with Gasteiger partial charge in [0.1, 0.15) is 6.10 Å². The van der Waals surface area contributed by atoms with Crippen molar-refractivity contribution in [1.29, 1.82) is 0 Å². The molecule has 0 aromatic rings. The number of carbonyl (C=O) groups excluding carboxylic acids is 1. The van der Waals surface area contributed by atoms with Gasteiger partial charge in [-0.25, -0.2) is 0 Å². The van der Waals surface area contributed by atoms with E-state index in [1.807, 2.05) is 13.8 Å². The molecular formula is C9H15IO2. The van der Waals surface area contributed by atoms with Crippen molar-refractivity contribution in [2.45, 2.75) is 43.6 Å². The molecule has 0 radical (unpaired) electrons. The fourth-order valence-corrected chi connectivity index (χ4v) is 1.61. The van der Waals surface area contributed by atoms with Gasteiger partial charge in [0.2, 0.25) is 0 Å². The Hall–Kier alpha value is 0.200. The van der Waals surface area contributed by atoms with Gasteiger partial charge in [-0.1, -0.05) is 22.6 Å². The lowest BCUT2D eigenvalue weighted by atomic mass is 9.87. The van der Waals surface area contributed by atoms with E-state index in [2.05, 4.69) is 36.4 Å². The zero-order valence-corrected chi connectivity index (χ0v) is 10.1. The predicted octanol–water partition coefficient (Wildman–Crippen LogP) is 2.54. The highest BCUT2D eigenvalue weighted by molar-refractivity contribution is 14.1. The second kappa shape index (κ2) is 2.86. The summed E-state index contributed by atoms with van der Waals surface area (Å²) < 4.78 is 5.34. The van der Waals surface area contributed by atoms with Gasteiger partial charge in [0.05, 0.1) is 8.84 Å². The number of esters is 1. The van der Waals surface area contributed by atoms with Crippen LogP contribution in [0.1, 0.15) is 34.1 Å². The molecule has 2 nitrogen and oxygen atoms in total. The largest absolute Gasteiger partial charge is 0.461 e. The van der Waals surface area contributed by atoms with E-state index in [9.17, 15) is 4.79 Å². The molecule has 0 spiro atoms. The van der Waals surface area contributed by atoms with Gasteiger partial charge in [0.15, 0.2) is 0 Å². The van der Waals surface area contributed by atoms with Gasteiger partial charge >= 0.3 is 5.97 Å². The van der Waals surface area contributed by atoms with Crippen LogP contribution in [0.25, 0.3) is 0 Å². The fourth-order valence-electron chi connectivity index (χ4n) is 1.26. The average Bonchev–Trinajstić information content (AvgIpc) is 2.06. The van der Waals surface area contributed by atoms with E-state index in [0.717, 1.165) is 6.42 Å². The molecule has 1 aliphatic rings. The van der Waals surface area contributed by atoms with Crippen LogP contribution in [0, 0.1) is 5.41 Å². The van der Waals surface area contributed by atoms with Crippen molar-refractivity contribution in [3.05, 3.63) is 0 Å². The number of hydrogen-bond acceptors (Lipinski definition) is 2. The number of alkyl halides is 1. The molecule has 1 saturated heterocycles. The SMILES string of the molecule is CC1(C)CC(C(C)(C)I)OC1=O. The number of ether oxygens (including phenoxy) is 1. The number of cyclic esters (lactones) is 1. The van der Waals surface area contributed by atoms with Crippen LogP contribution in [0.15, 0.2) is 0 Å². The summed E-state index contributed by atoms with van der Waals surface area (Å²) in [6, 6.07) is 0. The Morgan fingerprint density at radius 2 is 2.08 bits per heavy atom. The molecule has 0 aromatic carbocycles. The van der Waals surface area contributed by atoms with Gasteiger partial charge < -0.3 is 4.74 Å². The van der Waals surface area contributed by atoms with Crippen LogP contribution in [0.3, 0.4) is 0 Å². The molecule has 0 amide bonds. The second-order valence-corrected chi connectivity index (χ2v) is 7.33. The molecule has 1 aliphatic heterocycles. The summed E-state index contributed by atoms with van der Waals surface area (Å²) in [5.41, 5.74) is -0.285. The minimum atomic E-state index is -0.285. The second-order valence-electron chi connectivity index (χ2n) is 4.55. The third kappa shape index (κ3) is 1.92. The lowest BCUT2D eigenvalue weighted by molar-refractivity contribution is -0.148. The Balaban J connectivity index is 2.74. The molecule has 3 heteroatoms. The van der Waals surface area contributed by atoms with Gasteiger partial charge in [-0.05, 0) is 27.7 Å². The predicted molar refractivity (Wildman–Crippen MR) is 56.4 cm³/mol. The average molecular weight is 282 g/mol. The van der Waals surface area contributed by atoms with E-state index >= 15 is 0 Å². The standard InChI is InChI=1S/C9H15IO2/c1-8(2)5-6(9(3,4)10)12-7(8)11/h6H,5H2,1-4H3. The molecule has 1 fully saturated rings. The summed E-state index contributed by atoms with van der Waals surface area (Å²) in [6.07, 6.45) is 0.905. The van der Waals surface area contributed by atoms with Gasteiger partial charge in [-0.2, -0.15) is 0 Å². The van der Waals surface area contributed by atoms with Crippen molar-refractivity contribution in [2.75, 3.05) is 0 Å². The number of hydrogen-bond donors (Lipinski definition) is 0. The molecule has 1 unspecified atom stereocenters. The fraction of sp³-hybridized carbons (Fsp3) is 0.889. The number of rotatable bonds is 1. The Kier molecular flexibility index (Phi) is 2.45. The van der Waals surface area contributed by atoms with Crippen LogP contribution >= 0.6 is 22.6 Å². The summed E-state index contributed by atoms with van der Waals surface area (Å²) in [6.45, 7) is 8.06. The maximum Gasteiger partial charge on any atom is 0.311 e. The van der Waals surface area contributed by atoms with Crippen molar-refractivity contribution in [1.82, 2.24) is 0 Å². The molecule has 1 atom stereocenters. The highest BCUT2D eigenvalue weighted by Gasteiger charge is 2.46. The molecule has 0 bridgehead atoms. The summed E-state index contributed by atoms with van der Waals surface area (Å²) in [4.78, 5) is 11.3. The molecule has 0 N–H and O–H groups in total. The lowest BCUT2D eigenvalue weighted by Crippen LogP contribution is -2.29. The van der Waals surface area contributed by atoms with Crippen LogP contribution in [0.4, 0.5) is 0 Å². The van der Waals surface area contributed by atoms with Crippen molar-refractivity contribution < 1.29 is 9.53 Å². The zero-order chi connectivity index (χ0) is 9.57. The van der Waals surface area contributed by atoms with Gasteiger partial charge in [-0.3, -0.25) is 4.79 Å². The topological polar surface area (TPSA) is 26.3 Å². The van der Waals surface area contributed by atoms with Crippen molar-refractivity contribution in [2.24, 2.45) is 5.41 Å². The Bertz CT molecular complexity index is 203. The van der Waals surface area contributed by atoms with Crippen LogP contribution in [0.5, 0.6) is 0 Å². The molecule has 0 saturated carbocycles. The van der Waals surface area contributed by atoms with Gasteiger partial charge in [-0.15, -0.1) is 0 Å². The van der Waals surface area contributed by atoms with E-state index in [-0.39, 0.29) is 20.9 Å². The summed E-state index contributed by atoms with van der Waals surface area (Å²) in [5.74, 6) is -0.0581. The van der Waals surface area contributed by atoms with Gasteiger partial charge in [0.25, 0.3) is 0 Å². The number of carbonyl (C=O) groups is 1. The maximum absolute atomic E-state index is 11.3. The summed E-state index contributed by atoms with van der Waals surface area (Å²) >= 11 is 2.33. The Morgan fingerprint density at radius 1 is 1.58 bits per heavy atom. The third-order valence-electron chi connectivity index (χ3n) is 2.26. The first kappa shape index (κ1) is 10.3. The highest BCUT2D eigenvalue weighted by Crippen LogP contribution is 2.40. The molecule has 12 heavy (non-hydrogen) atoms. The minimum Gasteiger partial charge on any atom is -0.461 e. The molecule has 0 aliphatic carbocycles. The van der Waals surface area contributed by atoms with E-state index < -0.39 is 0 Å². The third-order valence-corrected chi connectivity index (χ3v) is 2.96. The van der Waals surface area contributed by atoms with E-state index in [1.165, 1.54) is 0 Å². The smallest absolute Gasteiger partial charge is 0.311 e. The normalized spacial score (nSPS) is 28.8. The highest BCUT2D eigenvalue weighted by atomic mass is 127. The van der Waals surface area contributed by atoms with Gasteiger partial charge in [0, 0.05) is 6.42 Å². The van der Waals surface area contributed by atoms with E-state index in [4.69, 9.17) is 4.74 Å². The Labute approximate surface area is 87.2 Å². The van der Waals surface area contributed by atoms with E-state index in [0.29, 0.717) is 0 Å². The molecule has 1 rings (SSSR count). The van der Waals surface area contributed by atoms with Crippen molar-refractivity contribution in [3.63, 3.8) is 0 Å². The molecule has 70 valence electrons. The minimum absolute atomic E-state index is 0.0428. The van der Waals surface area contributed by atoms with Crippen LogP contribution in [0.2, 0.25) is 0 Å². The van der Waals surface area contributed by atoms with E-state index in [1.54, 1.807) is 0 Å². The monoisotopic (exact) mass is 282 g/mol. The first-order valence-corrected chi connectivity index (χ1v) is 5.21. The number of halogens is 1. The van der Waals surface area contributed by atoms with Crippen LogP contribution < -0.4 is 0 Å². The molecule has 0 aromatic heterocycles. The first-order chi connectivity index (χ1) is 5.23. The summed E-state index contributed by atoms with van der Waals surface area (Å²) in [7, 11) is 0. The molecule has 1 heterocycles. The first-order valence-electron chi connectivity index (χ1n) is 4.13. The Morgan fingerprint density at radius 3 is 2.25 bits per heavy atom. The summed E-state index contributed by atoms with van der Waals surface area (Å²) in [5, 5.41) is 0. The quantitative estimate of drug-likeness (QED) is 0.420. The van der Waals surface area contributed by atoms with Crippen molar-refractivity contribution >= 4 is 28.6 Å². The van der Waals surface area contributed by atoms with Crippen LogP contribution in [-0.4, -0.2) is 15.5 Å². The molecular weight excluding hydrogens is 267 g/mol. The lowest BCUT2D eigenvalue weighted by Gasteiger charge is -2.23. The zero-order valence-electron chi connectivity index (χ0n) is 7.98. The maximum atomic E-state index is 11.3. The van der Waals surface area contributed by atoms with Crippen molar-refractivity contribution in [3.8, 4) is 0 Å².